The van der Waals surface area contributed by atoms with Gasteiger partial charge >= 0.3 is 12.4 Å². The van der Waals surface area contributed by atoms with Gasteiger partial charge in [-0.1, -0.05) is 41.1 Å². The lowest BCUT2D eigenvalue weighted by molar-refractivity contribution is -0.274. The first-order valence-corrected chi connectivity index (χ1v) is 9.45. The Morgan fingerprint density at radius 3 is 2.53 bits per heavy atom. The van der Waals surface area contributed by atoms with Gasteiger partial charge in [0.1, 0.15) is 17.8 Å². The van der Waals surface area contributed by atoms with Crippen LogP contribution in [0.2, 0.25) is 0 Å². The highest BCUT2D eigenvalue weighted by molar-refractivity contribution is 6.07. The number of halogens is 3. The molecule has 1 N–H and O–H groups in total. The van der Waals surface area contributed by atoms with E-state index >= 15 is 0 Å². The zero-order chi connectivity index (χ0) is 23.1. The van der Waals surface area contributed by atoms with Crippen LogP contribution in [-0.4, -0.2) is 33.3 Å². The molecule has 1 aromatic heterocycles. The van der Waals surface area contributed by atoms with E-state index in [4.69, 9.17) is 4.52 Å². The molecule has 11 heteroatoms. The lowest BCUT2D eigenvalue weighted by atomic mass is 9.92. The minimum absolute atomic E-state index is 0.0585. The SMILES string of the molecule is Cc1cccc(-c2noc(CN3C(=O)NC(C)(c4ccc(OC(F)(F)F)cc4)C3=O)n2)c1. The van der Waals surface area contributed by atoms with Crippen LogP contribution in [0.1, 0.15) is 23.9 Å². The number of hydrogen-bond donors (Lipinski definition) is 1. The van der Waals surface area contributed by atoms with Crippen LogP contribution >= 0.6 is 0 Å². The van der Waals surface area contributed by atoms with Crippen LogP contribution < -0.4 is 10.1 Å². The Morgan fingerprint density at radius 2 is 1.88 bits per heavy atom. The quantitative estimate of drug-likeness (QED) is 0.597. The highest BCUT2D eigenvalue weighted by atomic mass is 19.4. The first-order valence-electron chi connectivity index (χ1n) is 9.45. The van der Waals surface area contributed by atoms with E-state index in [1.54, 1.807) is 6.07 Å². The van der Waals surface area contributed by atoms with Gasteiger partial charge in [-0.05, 0) is 37.6 Å². The Balaban J connectivity index is 1.52. The summed E-state index contributed by atoms with van der Waals surface area (Å²) in [5, 5.41) is 6.46. The van der Waals surface area contributed by atoms with Gasteiger partial charge in [-0.25, -0.2) is 4.79 Å². The van der Waals surface area contributed by atoms with Crippen molar-refractivity contribution in [3.05, 3.63) is 65.5 Å². The number of alkyl halides is 3. The van der Waals surface area contributed by atoms with Gasteiger partial charge in [-0.2, -0.15) is 4.98 Å². The lowest BCUT2D eigenvalue weighted by Gasteiger charge is -2.22. The number of hydrogen-bond acceptors (Lipinski definition) is 6. The molecule has 3 amide bonds. The summed E-state index contributed by atoms with van der Waals surface area (Å²) < 4.78 is 46.1. The van der Waals surface area contributed by atoms with E-state index in [1.165, 1.54) is 19.1 Å². The third-order valence-electron chi connectivity index (χ3n) is 4.98. The molecular weight excluding hydrogens is 429 g/mol. The molecule has 1 unspecified atom stereocenters. The number of nitrogens with one attached hydrogen (secondary N) is 1. The van der Waals surface area contributed by atoms with E-state index in [1.807, 2.05) is 25.1 Å². The molecule has 0 aliphatic carbocycles. The predicted octanol–water partition coefficient (Wildman–Crippen LogP) is 3.91. The summed E-state index contributed by atoms with van der Waals surface area (Å²) in [6, 6.07) is 11.4. The zero-order valence-corrected chi connectivity index (χ0v) is 16.9. The fourth-order valence-corrected chi connectivity index (χ4v) is 3.38. The van der Waals surface area contributed by atoms with Crippen LogP contribution in [-0.2, 0) is 16.9 Å². The van der Waals surface area contributed by atoms with E-state index in [-0.39, 0.29) is 12.4 Å². The van der Waals surface area contributed by atoms with E-state index < -0.39 is 29.6 Å². The average Bonchev–Trinajstić information content (AvgIpc) is 3.27. The molecule has 1 saturated heterocycles. The normalized spacial score (nSPS) is 18.7. The van der Waals surface area contributed by atoms with E-state index in [2.05, 4.69) is 20.2 Å². The summed E-state index contributed by atoms with van der Waals surface area (Å²) in [4.78, 5) is 30.7. The predicted molar refractivity (Wildman–Crippen MR) is 104 cm³/mol. The van der Waals surface area contributed by atoms with E-state index in [0.29, 0.717) is 11.4 Å². The molecule has 1 fully saturated rings. The number of aryl methyl sites for hydroxylation is 1. The fraction of sp³-hybridized carbons (Fsp3) is 0.238. The number of carbonyl (C=O) groups excluding carboxylic acids is 2. The van der Waals surface area contributed by atoms with Crippen molar-refractivity contribution in [3.63, 3.8) is 0 Å². The van der Waals surface area contributed by atoms with Crippen molar-refractivity contribution in [1.82, 2.24) is 20.4 Å². The second-order valence-electron chi connectivity index (χ2n) is 7.40. The van der Waals surface area contributed by atoms with Crippen LogP contribution in [0.5, 0.6) is 5.75 Å². The van der Waals surface area contributed by atoms with Crippen molar-refractivity contribution in [2.45, 2.75) is 32.3 Å². The Kier molecular flexibility index (Phi) is 5.11. The van der Waals surface area contributed by atoms with Gasteiger partial charge < -0.3 is 14.6 Å². The minimum atomic E-state index is -4.83. The number of aromatic nitrogens is 2. The second-order valence-corrected chi connectivity index (χ2v) is 7.40. The highest BCUT2D eigenvalue weighted by Gasteiger charge is 2.49. The summed E-state index contributed by atoms with van der Waals surface area (Å²) in [5.41, 5.74) is 0.542. The molecule has 166 valence electrons. The maximum Gasteiger partial charge on any atom is 0.573 e. The fourth-order valence-electron chi connectivity index (χ4n) is 3.38. The maximum absolute atomic E-state index is 13.0. The van der Waals surface area contributed by atoms with Gasteiger partial charge in [0.2, 0.25) is 11.7 Å². The molecule has 2 heterocycles. The smallest absolute Gasteiger partial charge is 0.406 e. The van der Waals surface area contributed by atoms with Crippen molar-refractivity contribution in [3.8, 4) is 17.1 Å². The van der Waals surface area contributed by atoms with Crippen molar-refractivity contribution in [2.24, 2.45) is 0 Å². The van der Waals surface area contributed by atoms with Gasteiger partial charge in [0, 0.05) is 5.56 Å². The number of urea groups is 1. The molecule has 8 nitrogen and oxygen atoms in total. The first kappa shape index (κ1) is 21.3. The number of ether oxygens (including phenoxy) is 1. The van der Waals surface area contributed by atoms with Gasteiger partial charge in [0.25, 0.3) is 5.91 Å². The van der Waals surface area contributed by atoms with Crippen LogP contribution in [0.25, 0.3) is 11.4 Å². The molecule has 2 aromatic carbocycles. The zero-order valence-electron chi connectivity index (χ0n) is 16.9. The third-order valence-corrected chi connectivity index (χ3v) is 4.98. The van der Waals surface area contributed by atoms with Crippen LogP contribution in [0.15, 0.2) is 53.1 Å². The van der Waals surface area contributed by atoms with Crippen LogP contribution in [0, 0.1) is 6.92 Å². The number of benzene rings is 2. The maximum atomic E-state index is 13.0. The van der Waals surface area contributed by atoms with Crippen LogP contribution in [0.4, 0.5) is 18.0 Å². The molecule has 0 saturated carbocycles. The summed E-state index contributed by atoms with van der Waals surface area (Å²) in [7, 11) is 0. The molecule has 0 spiro atoms. The standard InChI is InChI=1S/C21H17F3N4O4/c1-12-4-3-5-13(10-12)17-25-16(32-27-17)11-28-18(29)20(2,26-19(28)30)14-6-8-15(9-7-14)31-21(22,23)24/h3-10H,11H2,1-2H3,(H,26,30). The Hall–Kier alpha value is -3.89. The molecule has 4 rings (SSSR count). The number of amides is 3. The topological polar surface area (TPSA) is 97.6 Å². The molecule has 3 aromatic rings. The molecule has 0 radical (unpaired) electrons. The molecule has 32 heavy (non-hydrogen) atoms. The summed E-state index contributed by atoms with van der Waals surface area (Å²) >= 11 is 0. The Labute approximate surface area is 180 Å². The molecule has 1 aliphatic rings. The third kappa shape index (κ3) is 4.13. The van der Waals surface area contributed by atoms with Crippen molar-refractivity contribution in [1.29, 1.82) is 0 Å². The van der Waals surface area contributed by atoms with Crippen LogP contribution in [0.3, 0.4) is 0 Å². The molecule has 1 atom stereocenters. The number of rotatable bonds is 5. The first-order chi connectivity index (χ1) is 15.0. The number of imide groups is 1. The lowest BCUT2D eigenvalue weighted by Crippen LogP contribution is -2.40. The van der Waals surface area contributed by atoms with Gasteiger partial charge in [0.15, 0.2) is 0 Å². The summed E-state index contributed by atoms with van der Waals surface area (Å²) in [5.74, 6) is -0.669. The summed E-state index contributed by atoms with van der Waals surface area (Å²) in [6.45, 7) is 3.12. The minimum Gasteiger partial charge on any atom is -0.406 e. The van der Waals surface area contributed by atoms with Gasteiger partial charge in [0.05, 0.1) is 0 Å². The van der Waals surface area contributed by atoms with Gasteiger partial charge in [-0.3, -0.25) is 9.69 Å². The van der Waals surface area contributed by atoms with Crippen molar-refractivity contribution >= 4 is 11.9 Å². The largest absolute Gasteiger partial charge is 0.573 e. The molecule has 0 bridgehead atoms. The molecule has 1 aliphatic heterocycles. The Bertz CT molecular complexity index is 1180. The van der Waals surface area contributed by atoms with Crippen molar-refractivity contribution < 1.29 is 32.0 Å². The van der Waals surface area contributed by atoms with Gasteiger partial charge in [-0.15, -0.1) is 13.2 Å². The van der Waals surface area contributed by atoms with E-state index in [9.17, 15) is 22.8 Å². The monoisotopic (exact) mass is 446 g/mol. The number of carbonyl (C=O) groups is 2. The Morgan fingerprint density at radius 1 is 1.16 bits per heavy atom. The molecular formula is C21H17F3N4O4. The number of nitrogens with zero attached hydrogens (tertiary/aromatic N) is 3. The van der Waals surface area contributed by atoms with Crippen molar-refractivity contribution in [2.75, 3.05) is 0 Å². The van der Waals surface area contributed by atoms with E-state index in [0.717, 1.165) is 28.2 Å². The summed E-state index contributed by atoms with van der Waals surface area (Å²) in [6.07, 6.45) is -4.83. The second kappa shape index (κ2) is 7.66. The average molecular weight is 446 g/mol. The highest BCUT2D eigenvalue weighted by Crippen LogP contribution is 2.32.